The number of thioether (sulfide) groups is 1. The number of phenolic OH excluding ortho intramolecular Hbond substituents is 1. The standard InChI is InChI=1S/C31H24BrFN4O6S/c1-41-27-13-19(4-10-25(27)38)16-34-36-31-37(17-24-3-2-12-42-24)30(40)28(44-31)15-20-14-21(32)5-11-26(20)43-18-29(39)35-23-8-6-22(33)7-9-23/h2-16,38H,17-18H2,1H3,(H,35,39)/b28-15-,34-16-,36-31+. The lowest BCUT2D eigenvalue weighted by atomic mass is 10.2. The zero-order valence-corrected chi connectivity index (χ0v) is 25.5. The molecule has 0 saturated carbocycles. The molecule has 10 nitrogen and oxygen atoms in total. The minimum Gasteiger partial charge on any atom is -0.504 e. The SMILES string of the molecule is COc1cc(/C=N\N=C2\S/C(=C\c3cc(Br)ccc3OCC(=O)Nc3ccc(F)cc3)C(=O)N2Cc2ccco2)ccc1O. The molecule has 44 heavy (non-hydrogen) atoms. The summed E-state index contributed by atoms with van der Waals surface area (Å²) in [5, 5.41) is 21.3. The van der Waals surface area contributed by atoms with Crippen LogP contribution < -0.4 is 14.8 Å². The van der Waals surface area contributed by atoms with Crippen molar-refractivity contribution in [3.05, 3.63) is 111 Å². The molecule has 0 atom stereocenters. The first-order chi connectivity index (χ1) is 21.3. The van der Waals surface area contributed by atoms with Gasteiger partial charge in [0.1, 0.15) is 17.3 Å². The largest absolute Gasteiger partial charge is 0.504 e. The van der Waals surface area contributed by atoms with E-state index in [2.05, 4.69) is 31.4 Å². The van der Waals surface area contributed by atoms with Gasteiger partial charge in [-0.3, -0.25) is 14.5 Å². The van der Waals surface area contributed by atoms with E-state index in [4.69, 9.17) is 13.9 Å². The molecule has 13 heteroatoms. The molecule has 0 aliphatic carbocycles. The first-order valence-corrected chi connectivity index (χ1v) is 14.6. The first-order valence-electron chi connectivity index (χ1n) is 13.0. The van der Waals surface area contributed by atoms with E-state index in [1.165, 1.54) is 54.8 Å². The van der Waals surface area contributed by atoms with E-state index >= 15 is 0 Å². The zero-order valence-electron chi connectivity index (χ0n) is 23.1. The summed E-state index contributed by atoms with van der Waals surface area (Å²) in [5.41, 5.74) is 1.61. The lowest BCUT2D eigenvalue weighted by Crippen LogP contribution is -2.28. The second-order valence-corrected chi connectivity index (χ2v) is 11.1. The van der Waals surface area contributed by atoms with Crippen LogP contribution in [0.25, 0.3) is 6.08 Å². The van der Waals surface area contributed by atoms with Crippen LogP contribution in [-0.2, 0) is 16.1 Å². The number of amides is 2. The van der Waals surface area contributed by atoms with Crippen molar-refractivity contribution in [1.82, 2.24) is 4.90 Å². The van der Waals surface area contributed by atoms with Gasteiger partial charge in [0.2, 0.25) is 0 Å². The monoisotopic (exact) mass is 678 g/mol. The third-order valence-electron chi connectivity index (χ3n) is 6.08. The van der Waals surface area contributed by atoms with Gasteiger partial charge in [-0.05, 0) is 96.2 Å². The summed E-state index contributed by atoms with van der Waals surface area (Å²) in [4.78, 5) is 27.8. The van der Waals surface area contributed by atoms with Gasteiger partial charge in [0.25, 0.3) is 11.8 Å². The summed E-state index contributed by atoms with van der Waals surface area (Å²) >= 11 is 4.57. The zero-order chi connectivity index (χ0) is 31.1. The lowest BCUT2D eigenvalue weighted by molar-refractivity contribution is -0.122. The Hall–Kier alpha value is -4.88. The average Bonchev–Trinajstić information content (AvgIpc) is 3.63. The number of nitrogens with zero attached hydrogens (tertiary/aromatic N) is 3. The van der Waals surface area contributed by atoms with E-state index in [9.17, 15) is 19.1 Å². The molecule has 1 aliphatic heterocycles. The van der Waals surface area contributed by atoms with Crippen molar-refractivity contribution in [2.24, 2.45) is 10.2 Å². The van der Waals surface area contributed by atoms with Gasteiger partial charge in [-0.25, -0.2) is 4.39 Å². The number of carbonyl (C=O) groups is 2. The number of phenols is 1. The number of anilines is 1. The Morgan fingerprint density at radius 2 is 1.95 bits per heavy atom. The van der Waals surface area contributed by atoms with Gasteiger partial charge in [-0.15, -0.1) is 5.10 Å². The Morgan fingerprint density at radius 1 is 1.14 bits per heavy atom. The Bertz CT molecular complexity index is 1760. The van der Waals surface area contributed by atoms with E-state index < -0.39 is 11.7 Å². The van der Waals surface area contributed by atoms with Crippen LogP contribution in [0.1, 0.15) is 16.9 Å². The highest BCUT2D eigenvalue weighted by Crippen LogP contribution is 2.36. The molecule has 3 aromatic carbocycles. The molecule has 0 bridgehead atoms. The van der Waals surface area contributed by atoms with Crippen molar-refractivity contribution < 1.29 is 33.0 Å². The number of hydrogen-bond acceptors (Lipinski definition) is 9. The molecule has 224 valence electrons. The number of amidine groups is 1. The molecule has 0 radical (unpaired) electrons. The number of ether oxygens (including phenoxy) is 2. The molecule has 1 fully saturated rings. The molecular formula is C31H24BrFN4O6S. The molecule has 1 aliphatic rings. The molecule has 1 aromatic heterocycles. The van der Waals surface area contributed by atoms with E-state index in [0.717, 1.165) is 16.2 Å². The minimum absolute atomic E-state index is 0.00304. The van der Waals surface area contributed by atoms with Crippen molar-refractivity contribution in [3.63, 3.8) is 0 Å². The fraction of sp³-hybridized carbons (Fsp3) is 0.0968. The first kappa shape index (κ1) is 30.6. The molecule has 0 unspecified atom stereocenters. The highest BCUT2D eigenvalue weighted by molar-refractivity contribution is 9.10. The van der Waals surface area contributed by atoms with Crippen LogP contribution in [-0.4, -0.2) is 46.9 Å². The van der Waals surface area contributed by atoms with Crippen molar-refractivity contribution in [2.75, 3.05) is 19.0 Å². The Labute approximate surface area is 264 Å². The average molecular weight is 680 g/mol. The Balaban J connectivity index is 1.37. The number of hydrogen-bond donors (Lipinski definition) is 2. The second-order valence-electron chi connectivity index (χ2n) is 9.17. The number of methoxy groups -OCH3 is 1. The Morgan fingerprint density at radius 3 is 2.70 bits per heavy atom. The van der Waals surface area contributed by atoms with Gasteiger partial charge in [-0.2, -0.15) is 5.10 Å². The van der Waals surface area contributed by atoms with Crippen molar-refractivity contribution in [1.29, 1.82) is 0 Å². The number of carbonyl (C=O) groups excluding carboxylic acids is 2. The predicted octanol–water partition coefficient (Wildman–Crippen LogP) is 6.42. The fourth-order valence-corrected chi connectivity index (χ4v) is 5.28. The minimum atomic E-state index is -0.437. The van der Waals surface area contributed by atoms with Crippen molar-refractivity contribution in [2.45, 2.75) is 6.54 Å². The van der Waals surface area contributed by atoms with Crippen molar-refractivity contribution in [3.8, 4) is 17.2 Å². The van der Waals surface area contributed by atoms with Gasteiger partial charge in [0, 0.05) is 15.7 Å². The van der Waals surface area contributed by atoms with Crippen LogP contribution in [0.2, 0.25) is 0 Å². The molecule has 2 amide bonds. The molecule has 2 N–H and O–H groups in total. The summed E-state index contributed by atoms with van der Waals surface area (Å²) in [7, 11) is 1.45. The maximum absolute atomic E-state index is 13.6. The third kappa shape index (κ3) is 7.74. The number of benzene rings is 3. The highest BCUT2D eigenvalue weighted by Gasteiger charge is 2.34. The molecule has 2 heterocycles. The smallest absolute Gasteiger partial charge is 0.267 e. The van der Waals surface area contributed by atoms with E-state index in [-0.39, 0.29) is 30.6 Å². The quantitative estimate of drug-likeness (QED) is 0.113. The van der Waals surface area contributed by atoms with Crippen LogP contribution in [0.15, 0.2) is 103 Å². The Kier molecular flexibility index (Phi) is 9.77. The van der Waals surface area contributed by atoms with Gasteiger partial charge in [-0.1, -0.05) is 15.9 Å². The van der Waals surface area contributed by atoms with Gasteiger partial charge < -0.3 is 24.3 Å². The summed E-state index contributed by atoms with van der Waals surface area (Å²) < 4.78 is 30.3. The van der Waals surface area contributed by atoms with Crippen LogP contribution in [0.4, 0.5) is 10.1 Å². The maximum atomic E-state index is 13.6. The summed E-state index contributed by atoms with van der Waals surface area (Å²) in [5.74, 6) is 0.0314. The number of nitrogens with one attached hydrogen (secondary N) is 1. The topological polar surface area (TPSA) is 126 Å². The molecule has 0 spiro atoms. The highest BCUT2D eigenvalue weighted by atomic mass is 79.9. The van der Waals surface area contributed by atoms with Crippen LogP contribution in [0.3, 0.4) is 0 Å². The van der Waals surface area contributed by atoms with Crippen molar-refractivity contribution >= 4 is 62.7 Å². The van der Waals surface area contributed by atoms with Crippen LogP contribution >= 0.6 is 27.7 Å². The molecule has 5 rings (SSSR count). The van der Waals surface area contributed by atoms with Crippen LogP contribution in [0.5, 0.6) is 17.2 Å². The summed E-state index contributed by atoms with van der Waals surface area (Å²) in [6.45, 7) is -0.187. The fourth-order valence-electron chi connectivity index (χ4n) is 3.98. The normalized spacial score (nSPS) is 15.0. The third-order valence-corrected chi connectivity index (χ3v) is 7.57. The number of halogens is 2. The number of furan rings is 1. The van der Waals surface area contributed by atoms with Gasteiger partial charge in [0.05, 0.1) is 31.0 Å². The van der Waals surface area contributed by atoms with E-state index in [0.29, 0.717) is 38.4 Å². The van der Waals surface area contributed by atoms with Gasteiger partial charge >= 0.3 is 0 Å². The number of rotatable bonds is 10. The summed E-state index contributed by atoms with van der Waals surface area (Å²) in [6, 6.07) is 18.8. The molecule has 4 aromatic rings. The second kappa shape index (κ2) is 14.1. The van der Waals surface area contributed by atoms with E-state index in [1.807, 2.05) is 0 Å². The lowest BCUT2D eigenvalue weighted by Gasteiger charge is -2.13. The van der Waals surface area contributed by atoms with Crippen LogP contribution in [0, 0.1) is 5.82 Å². The summed E-state index contributed by atoms with van der Waals surface area (Å²) in [6.07, 6.45) is 4.64. The molecule has 1 saturated heterocycles. The van der Waals surface area contributed by atoms with E-state index in [1.54, 1.807) is 48.5 Å². The predicted molar refractivity (Wildman–Crippen MR) is 169 cm³/mol. The molecular weight excluding hydrogens is 655 g/mol. The maximum Gasteiger partial charge on any atom is 0.267 e. The van der Waals surface area contributed by atoms with Gasteiger partial charge in [0.15, 0.2) is 23.3 Å². The number of aromatic hydroxyl groups is 1.